The van der Waals surface area contributed by atoms with E-state index in [0.29, 0.717) is 0 Å². The van der Waals surface area contributed by atoms with Gasteiger partial charge in [0.1, 0.15) is 22.1 Å². The van der Waals surface area contributed by atoms with Crippen LogP contribution in [0.1, 0.15) is 9.67 Å². The van der Waals surface area contributed by atoms with E-state index >= 15 is 0 Å². The average Bonchev–Trinajstić information content (AvgIpc) is 2.62. The number of hydrogen-bond acceptors (Lipinski definition) is 5. The molecule has 0 saturated heterocycles. The molecule has 0 atom stereocenters. The molecule has 0 spiro atoms. The minimum absolute atomic E-state index is 0.0558. The number of thiophene rings is 1. The number of ether oxygens (including phenoxy) is 1. The molecule has 0 aliphatic heterocycles. The highest BCUT2D eigenvalue weighted by Crippen LogP contribution is 2.45. The quantitative estimate of drug-likeness (QED) is 0.924. The monoisotopic (exact) mass is 311 g/mol. The second-order valence-electron chi connectivity index (χ2n) is 4.35. The van der Waals surface area contributed by atoms with E-state index < -0.39 is 12.7 Å². The molecule has 0 aliphatic rings. The van der Waals surface area contributed by atoms with Crippen molar-refractivity contribution >= 4 is 27.9 Å². The first kappa shape index (κ1) is 16.4. The Labute approximate surface area is 118 Å². The lowest BCUT2D eigenvalue weighted by Crippen LogP contribution is -2.30. The first-order chi connectivity index (χ1) is 9.08. The number of nitrogen functional groups attached to an aromatic ring is 1. The van der Waals surface area contributed by atoms with Crippen molar-refractivity contribution in [3.63, 3.8) is 0 Å². The molecule has 9 heteroatoms. The molecule has 1 amide bonds. The number of methoxy groups -OCH3 is 1. The molecule has 2 N–H and O–H groups in total. The fraction of sp³-hybridized carbons (Fsp3) is 0.545. The third-order valence-electron chi connectivity index (χ3n) is 2.45. The summed E-state index contributed by atoms with van der Waals surface area (Å²) in [5.74, 6) is -0.288. The largest absolute Gasteiger partial charge is 0.492 e. The van der Waals surface area contributed by atoms with Crippen LogP contribution in [0.2, 0.25) is 0 Å². The van der Waals surface area contributed by atoms with Crippen molar-refractivity contribution in [3.8, 4) is 5.75 Å². The highest BCUT2D eigenvalue weighted by molar-refractivity contribution is 7.19. The van der Waals surface area contributed by atoms with E-state index in [4.69, 9.17) is 10.5 Å². The van der Waals surface area contributed by atoms with Gasteiger partial charge < -0.3 is 20.3 Å². The van der Waals surface area contributed by atoms with Gasteiger partial charge in [0.2, 0.25) is 0 Å². The van der Waals surface area contributed by atoms with Gasteiger partial charge in [0.15, 0.2) is 5.75 Å². The van der Waals surface area contributed by atoms with Crippen LogP contribution in [0, 0.1) is 0 Å². The number of carbonyl (C=O) groups is 1. The second-order valence-corrected chi connectivity index (χ2v) is 5.35. The number of halogens is 3. The SMILES string of the molecule is COc1c(N(C)CC(F)(F)F)sc(C(=O)N(C)C)c1N. The van der Waals surface area contributed by atoms with Gasteiger partial charge in [-0.05, 0) is 0 Å². The van der Waals surface area contributed by atoms with Crippen molar-refractivity contribution in [2.24, 2.45) is 0 Å². The van der Waals surface area contributed by atoms with Crippen LogP contribution in [-0.2, 0) is 0 Å². The van der Waals surface area contributed by atoms with Crippen LogP contribution in [0.3, 0.4) is 0 Å². The van der Waals surface area contributed by atoms with Gasteiger partial charge in [-0.25, -0.2) is 0 Å². The second kappa shape index (κ2) is 5.78. The van der Waals surface area contributed by atoms with Gasteiger partial charge >= 0.3 is 6.18 Å². The predicted molar refractivity (Wildman–Crippen MR) is 72.6 cm³/mol. The van der Waals surface area contributed by atoms with Gasteiger partial charge in [0.25, 0.3) is 5.91 Å². The number of nitrogens with zero attached hydrogens (tertiary/aromatic N) is 2. The normalized spacial score (nSPS) is 11.3. The Kier molecular flexibility index (Phi) is 4.74. The van der Waals surface area contributed by atoms with Gasteiger partial charge in [-0.15, -0.1) is 11.3 Å². The number of alkyl halides is 3. The molecular formula is C11H16F3N3O2S. The molecule has 114 valence electrons. The van der Waals surface area contributed by atoms with Crippen molar-refractivity contribution in [2.75, 3.05) is 45.4 Å². The standard InChI is InChI=1S/C11H16F3N3O2S/c1-16(2)9(18)8-6(15)7(19-4)10(20-8)17(3)5-11(12,13)14/h5,15H2,1-4H3. The van der Waals surface area contributed by atoms with Crippen molar-refractivity contribution in [1.29, 1.82) is 0 Å². The van der Waals surface area contributed by atoms with Crippen molar-refractivity contribution in [1.82, 2.24) is 4.90 Å². The summed E-state index contributed by atoms with van der Waals surface area (Å²) in [7, 11) is 5.64. The first-order valence-electron chi connectivity index (χ1n) is 5.54. The molecule has 0 aliphatic carbocycles. The minimum atomic E-state index is -4.36. The number of anilines is 2. The highest BCUT2D eigenvalue weighted by Gasteiger charge is 2.33. The Hall–Kier alpha value is -1.64. The zero-order valence-corrected chi connectivity index (χ0v) is 12.4. The summed E-state index contributed by atoms with van der Waals surface area (Å²) < 4.78 is 42.3. The zero-order chi connectivity index (χ0) is 15.7. The maximum Gasteiger partial charge on any atom is 0.405 e. The molecule has 1 heterocycles. The summed E-state index contributed by atoms with van der Waals surface area (Å²) in [5.41, 5.74) is 5.84. The van der Waals surface area contributed by atoms with Crippen LogP contribution in [0.25, 0.3) is 0 Å². The predicted octanol–water partition coefficient (Wildman–Crippen LogP) is 2.04. The highest BCUT2D eigenvalue weighted by atomic mass is 32.1. The lowest BCUT2D eigenvalue weighted by Gasteiger charge is -2.20. The molecule has 0 fully saturated rings. The van der Waals surface area contributed by atoms with Gasteiger partial charge in [0, 0.05) is 21.1 Å². The molecule has 1 aromatic rings. The molecule has 0 aromatic carbocycles. The van der Waals surface area contributed by atoms with Crippen LogP contribution < -0.4 is 15.4 Å². The molecular weight excluding hydrogens is 295 g/mol. The Balaban J connectivity index is 3.21. The Morgan fingerprint density at radius 3 is 2.30 bits per heavy atom. The minimum Gasteiger partial charge on any atom is -0.492 e. The Morgan fingerprint density at radius 1 is 1.35 bits per heavy atom. The van der Waals surface area contributed by atoms with Gasteiger partial charge in [-0.1, -0.05) is 0 Å². The zero-order valence-electron chi connectivity index (χ0n) is 11.5. The number of rotatable bonds is 4. The third kappa shape index (κ3) is 3.47. The maximum atomic E-state index is 12.4. The van der Waals surface area contributed by atoms with Crippen molar-refractivity contribution < 1.29 is 22.7 Å². The molecule has 0 unspecified atom stereocenters. The summed E-state index contributed by atoms with van der Waals surface area (Å²) in [6, 6.07) is 0. The van der Waals surface area contributed by atoms with Crippen LogP contribution >= 0.6 is 11.3 Å². The number of carbonyl (C=O) groups excluding carboxylic acids is 1. The van der Waals surface area contributed by atoms with E-state index in [0.717, 1.165) is 16.2 Å². The van der Waals surface area contributed by atoms with Crippen LogP contribution in [0.15, 0.2) is 0 Å². The molecule has 20 heavy (non-hydrogen) atoms. The fourth-order valence-corrected chi connectivity index (χ4v) is 2.74. The average molecular weight is 311 g/mol. The van der Waals surface area contributed by atoms with E-state index in [1.165, 1.54) is 33.2 Å². The first-order valence-corrected chi connectivity index (χ1v) is 6.36. The van der Waals surface area contributed by atoms with Crippen molar-refractivity contribution in [2.45, 2.75) is 6.18 Å². The Bertz CT molecular complexity index is 500. The molecule has 0 radical (unpaired) electrons. The van der Waals surface area contributed by atoms with Crippen LogP contribution in [0.5, 0.6) is 5.75 Å². The fourth-order valence-electron chi connectivity index (χ4n) is 1.57. The van der Waals surface area contributed by atoms with E-state index in [-0.39, 0.29) is 27.2 Å². The smallest absolute Gasteiger partial charge is 0.405 e. The summed E-state index contributed by atoms with van der Waals surface area (Å²) in [5, 5.41) is 0.174. The summed E-state index contributed by atoms with van der Waals surface area (Å²) in [6.07, 6.45) is -4.36. The van der Waals surface area contributed by atoms with E-state index in [1.807, 2.05) is 0 Å². The molecule has 0 saturated carbocycles. The molecule has 0 bridgehead atoms. The summed E-state index contributed by atoms with van der Waals surface area (Å²) in [4.78, 5) is 14.3. The van der Waals surface area contributed by atoms with Gasteiger partial charge in [-0.3, -0.25) is 4.79 Å². The van der Waals surface area contributed by atoms with Gasteiger partial charge in [0.05, 0.1) is 7.11 Å². The van der Waals surface area contributed by atoms with Gasteiger partial charge in [-0.2, -0.15) is 13.2 Å². The van der Waals surface area contributed by atoms with E-state index in [1.54, 1.807) is 0 Å². The summed E-state index contributed by atoms with van der Waals surface area (Å²) in [6.45, 7) is -1.15. The number of amides is 1. The molecule has 1 aromatic heterocycles. The molecule has 5 nitrogen and oxygen atoms in total. The van der Waals surface area contributed by atoms with Crippen LogP contribution in [0.4, 0.5) is 23.9 Å². The molecule has 1 rings (SSSR count). The van der Waals surface area contributed by atoms with Crippen LogP contribution in [-0.4, -0.2) is 51.8 Å². The Morgan fingerprint density at radius 2 is 1.90 bits per heavy atom. The maximum absolute atomic E-state index is 12.4. The lowest BCUT2D eigenvalue weighted by atomic mass is 10.3. The number of hydrogen-bond donors (Lipinski definition) is 1. The van der Waals surface area contributed by atoms with E-state index in [9.17, 15) is 18.0 Å². The van der Waals surface area contributed by atoms with Crippen molar-refractivity contribution in [3.05, 3.63) is 4.88 Å². The topological polar surface area (TPSA) is 58.8 Å². The third-order valence-corrected chi connectivity index (χ3v) is 3.74. The summed E-state index contributed by atoms with van der Waals surface area (Å²) >= 11 is 0.881. The number of nitrogens with two attached hydrogens (primary N) is 1. The lowest BCUT2D eigenvalue weighted by molar-refractivity contribution is -0.119. The van der Waals surface area contributed by atoms with E-state index in [2.05, 4.69) is 0 Å².